The average Bonchev–Trinajstić information content (AvgIpc) is 3.33. The number of halogens is 1. The van der Waals surface area contributed by atoms with Crippen LogP contribution in [-0.4, -0.2) is 42.7 Å². The molecule has 0 saturated carbocycles. The van der Waals surface area contributed by atoms with Crippen LogP contribution < -0.4 is 10.1 Å². The molecule has 1 aliphatic rings. The van der Waals surface area contributed by atoms with Crippen molar-refractivity contribution in [3.8, 4) is 5.75 Å². The molecule has 0 unspecified atom stereocenters. The normalized spacial score (nSPS) is 18.2. The van der Waals surface area contributed by atoms with Gasteiger partial charge < -0.3 is 19.9 Å². The van der Waals surface area contributed by atoms with E-state index >= 15 is 0 Å². The zero-order valence-electron chi connectivity index (χ0n) is 20.9. The quantitative estimate of drug-likeness (QED) is 0.139. The summed E-state index contributed by atoms with van der Waals surface area (Å²) in [5, 5.41) is 15.5. The van der Waals surface area contributed by atoms with Crippen LogP contribution in [0, 0.1) is 0 Å². The first-order valence-corrected chi connectivity index (χ1v) is 13.0. The fourth-order valence-electron chi connectivity index (χ4n) is 4.45. The highest BCUT2D eigenvalue weighted by Gasteiger charge is 2.53. The summed E-state index contributed by atoms with van der Waals surface area (Å²) in [4.78, 5) is 21.6. The van der Waals surface area contributed by atoms with E-state index in [1.54, 1.807) is 19.2 Å². The summed E-state index contributed by atoms with van der Waals surface area (Å²) in [6.45, 7) is 0.577. The summed E-state index contributed by atoms with van der Waals surface area (Å²) in [5.74, 6) is 0.685. The maximum Gasteiger partial charge on any atom is 0.252 e. The second kappa shape index (κ2) is 12.6. The highest BCUT2D eigenvalue weighted by molar-refractivity contribution is 9.10. The van der Waals surface area contributed by atoms with E-state index in [1.165, 1.54) is 0 Å². The molecular formula is C28H28BrN5O4. The Morgan fingerprint density at radius 3 is 2.55 bits per heavy atom. The third kappa shape index (κ3) is 5.83. The van der Waals surface area contributed by atoms with Gasteiger partial charge in [0.15, 0.2) is 11.6 Å². The molecule has 0 radical (unpaired) electrons. The van der Waals surface area contributed by atoms with Gasteiger partial charge in [-0.25, -0.2) is 4.99 Å². The third-order valence-electron chi connectivity index (χ3n) is 6.32. The number of carbonyl (C=O) groups excluding carboxylic acids is 1. The lowest BCUT2D eigenvalue weighted by Gasteiger charge is -2.31. The fourth-order valence-corrected chi connectivity index (χ4v) is 4.87. The van der Waals surface area contributed by atoms with E-state index in [0.717, 1.165) is 21.2 Å². The van der Waals surface area contributed by atoms with Gasteiger partial charge in [-0.1, -0.05) is 63.5 Å². The Labute approximate surface area is 229 Å². The van der Waals surface area contributed by atoms with E-state index < -0.39 is 11.6 Å². The van der Waals surface area contributed by atoms with Crippen LogP contribution in [0.15, 0.2) is 87.4 Å². The minimum atomic E-state index is -1.34. The number of aliphatic imine (C=N–C) groups is 1. The molecule has 0 spiro atoms. The van der Waals surface area contributed by atoms with Crippen molar-refractivity contribution in [2.24, 2.45) is 10.1 Å². The molecule has 0 bridgehead atoms. The van der Waals surface area contributed by atoms with Crippen LogP contribution in [0.1, 0.15) is 34.8 Å². The molecule has 0 saturated heterocycles. The first-order chi connectivity index (χ1) is 18.5. The number of nitrogens with one attached hydrogen (secondary N) is 1. The smallest absolute Gasteiger partial charge is 0.252 e. The second-order valence-electron chi connectivity index (χ2n) is 8.72. The zero-order valence-corrected chi connectivity index (χ0v) is 22.5. The van der Waals surface area contributed by atoms with Gasteiger partial charge in [-0.3, -0.25) is 4.79 Å². The molecule has 2 N–H and O–H groups in total. The van der Waals surface area contributed by atoms with Crippen molar-refractivity contribution in [3.05, 3.63) is 110 Å². The molecular weight excluding hydrogens is 550 g/mol. The Hall–Kier alpha value is -3.85. The van der Waals surface area contributed by atoms with Crippen molar-refractivity contribution in [1.82, 2.24) is 5.32 Å². The fraction of sp³-hybridized carbons (Fsp3) is 0.286. The van der Waals surface area contributed by atoms with E-state index in [4.69, 9.17) is 25.1 Å². The van der Waals surface area contributed by atoms with Gasteiger partial charge in [0.1, 0.15) is 5.75 Å². The molecule has 0 aromatic heterocycles. The van der Waals surface area contributed by atoms with E-state index in [9.17, 15) is 4.79 Å². The minimum Gasteiger partial charge on any atom is -0.494 e. The molecule has 1 heterocycles. The van der Waals surface area contributed by atoms with Crippen LogP contribution in [0.25, 0.3) is 10.4 Å². The van der Waals surface area contributed by atoms with E-state index in [2.05, 4.69) is 31.3 Å². The molecule has 9 nitrogen and oxygen atoms in total. The number of aliphatic hydroxyl groups excluding tert-OH is 1. The lowest BCUT2D eigenvalue weighted by Crippen LogP contribution is -2.49. The average molecular weight is 578 g/mol. The third-order valence-corrected chi connectivity index (χ3v) is 7.09. The highest BCUT2D eigenvalue weighted by atomic mass is 79.9. The van der Waals surface area contributed by atoms with Gasteiger partial charge in [-0.15, -0.1) is 0 Å². The van der Waals surface area contributed by atoms with Crippen molar-refractivity contribution < 1.29 is 19.4 Å². The second-order valence-corrected chi connectivity index (χ2v) is 9.58. The summed E-state index contributed by atoms with van der Waals surface area (Å²) in [5.41, 5.74) is 10.7. The molecule has 196 valence electrons. The topological polar surface area (TPSA) is 129 Å². The van der Waals surface area contributed by atoms with Gasteiger partial charge in [-0.05, 0) is 52.6 Å². The van der Waals surface area contributed by atoms with Crippen molar-refractivity contribution in [2.75, 3.05) is 20.3 Å². The number of hydrogen-bond acceptors (Lipinski definition) is 6. The van der Waals surface area contributed by atoms with Crippen LogP contribution in [0.3, 0.4) is 0 Å². The molecule has 1 aliphatic heterocycles. The number of amides is 1. The monoisotopic (exact) mass is 577 g/mol. The van der Waals surface area contributed by atoms with Gasteiger partial charge in [0.25, 0.3) is 5.91 Å². The molecule has 0 aliphatic carbocycles. The predicted octanol–water partition coefficient (Wildman–Crippen LogP) is 5.27. The van der Waals surface area contributed by atoms with Gasteiger partial charge in [-0.2, -0.15) is 0 Å². The van der Waals surface area contributed by atoms with Crippen LogP contribution in [0.2, 0.25) is 0 Å². The van der Waals surface area contributed by atoms with E-state index in [0.29, 0.717) is 30.2 Å². The standard InChI is InChI=1S/C28H28BrN5O4/c1-31-27(36)28(17-20-7-3-5-10-24(20)29)25(23-9-4-2-8-21(23)18-32-34-30)38-26(33-28)19-11-13-22(14-12-19)37-16-6-15-35/h2-5,7-14,25,35H,6,15-18H2,1H3,(H,31,36)/t25-,28-/m1/s1. The lowest BCUT2D eigenvalue weighted by molar-refractivity contribution is -0.128. The lowest BCUT2D eigenvalue weighted by atomic mass is 9.80. The highest BCUT2D eigenvalue weighted by Crippen LogP contribution is 2.44. The number of carbonyl (C=O) groups is 1. The summed E-state index contributed by atoms with van der Waals surface area (Å²) in [7, 11) is 1.58. The number of likely N-dealkylation sites (N-methyl/N-ethyl adjacent to an activating group) is 1. The number of nitrogens with zero attached hydrogens (tertiary/aromatic N) is 4. The van der Waals surface area contributed by atoms with Gasteiger partial charge in [0.05, 0.1) is 13.2 Å². The van der Waals surface area contributed by atoms with E-state index in [-0.39, 0.29) is 25.5 Å². The number of aliphatic hydroxyl groups is 1. The van der Waals surface area contributed by atoms with Crippen molar-refractivity contribution >= 4 is 27.7 Å². The summed E-state index contributed by atoms with van der Waals surface area (Å²) in [6, 6.07) is 22.4. The van der Waals surface area contributed by atoms with Crippen LogP contribution in [-0.2, 0) is 22.5 Å². The number of hydrogen-bond donors (Lipinski definition) is 2. The predicted molar refractivity (Wildman–Crippen MR) is 148 cm³/mol. The van der Waals surface area contributed by atoms with Crippen molar-refractivity contribution in [2.45, 2.75) is 31.0 Å². The zero-order chi connectivity index (χ0) is 27.0. The Morgan fingerprint density at radius 2 is 1.87 bits per heavy atom. The van der Waals surface area contributed by atoms with Crippen molar-refractivity contribution in [1.29, 1.82) is 0 Å². The number of azide groups is 1. The molecule has 3 aromatic rings. The van der Waals surface area contributed by atoms with Crippen molar-refractivity contribution in [3.63, 3.8) is 0 Å². The van der Waals surface area contributed by atoms with Crippen LogP contribution in [0.4, 0.5) is 0 Å². The molecule has 1 amide bonds. The number of benzene rings is 3. The Morgan fingerprint density at radius 1 is 1.16 bits per heavy atom. The summed E-state index contributed by atoms with van der Waals surface area (Å²) >= 11 is 3.61. The first kappa shape index (κ1) is 27.2. The number of ether oxygens (including phenoxy) is 2. The summed E-state index contributed by atoms with van der Waals surface area (Å²) < 4.78 is 13.0. The SMILES string of the molecule is CNC(=O)[C@]1(Cc2ccccc2Br)N=C(c2ccc(OCCCO)cc2)O[C@@H]1c1ccccc1CN=[N+]=[N-]. The maximum absolute atomic E-state index is 13.7. The molecule has 3 aromatic carbocycles. The van der Waals surface area contributed by atoms with Crippen LogP contribution in [0.5, 0.6) is 5.75 Å². The van der Waals surface area contributed by atoms with Gasteiger partial charge in [0.2, 0.25) is 5.90 Å². The Bertz CT molecular complexity index is 1360. The molecule has 10 heteroatoms. The minimum absolute atomic E-state index is 0.0599. The largest absolute Gasteiger partial charge is 0.494 e. The molecule has 38 heavy (non-hydrogen) atoms. The number of rotatable bonds is 11. The molecule has 4 rings (SSSR count). The van der Waals surface area contributed by atoms with Gasteiger partial charge >= 0.3 is 0 Å². The van der Waals surface area contributed by atoms with E-state index in [1.807, 2.05) is 60.7 Å². The first-order valence-electron chi connectivity index (χ1n) is 12.2. The maximum atomic E-state index is 13.7. The summed E-state index contributed by atoms with van der Waals surface area (Å²) in [6.07, 6.45) is 0.0220. The molecule has 0 fully saturated rings. The Kier molecular flexibility index (Phi) is 9.02. The van der Waals surface area contributed by atoms with Crippen LogP contribution >= 0.6 is 15.9 Å². The molecule has 2 atom stereocenters. The van der Waals surface area contributed by atoms with Gasteiger partial charge in [0, 0.05) is 41.4 Å². The Balaban J connectivity index is 1.81.